The number of nitrogens with zero attached hydrogens (tertiary/aromatic N) is 2. The molecule has 0 radical (unpaired) electrons. The Kier molecular flexibility index (Phi) is 5.84. The zero-order valence-corrected chi connectivity index (χ0v) is 15.5. The van der Waals surface area contributed by atoms with Crippen LogP contribution in [0.4, 0.5) is 5.69 Å². The van der Waals surface area contributed by atoms with Gasteiger partial charge < -0.3 is 10.1 Å². The molecule has 1 saturated heterocycles. The van der Waals surface area contributed by atoms with Crippen molar-refractivity contribution in [3.8, 4) is 11.8 Å². The number of hydrogen-bond donors (Lipinski definition) is 1. The Labute approximate surface area is 164 Å². The third-order valence-electron chi connectivity index (χ3n) is 3.28. The van der Waals surface area contributed by atoms with Crippen molar-refractivity contribution in [1.29, 1.82) is 5.26 Å². The first-order chi connectivity index (χ1) is 12.6. The van der Waals surface area contributed by atoms with Gasteiger partial charge in [0.05, 0.1) is 15.6 Å². The molecule has 3 rings (SSSR count). The number of carbonyl (C=O) groups is 1. The van der Waals surface area contributed by atoms with Crippen LogP contribution in [-0.2, 0) is 4.79 Å². The molecule has 0 unspecified atom stereocenters. The van der Waals surface area contributed by atoms with Crippen LogP contribution in [0.1, 0.15) is 5.56 Å². The third kappa shape index (κ3) is 4.38. The lowest BCUT2D eigenvalue weighted by molar-refractivity contribution is -0.115. The summed E-state index contributed by atoms with van der Waals surface area (Å²) < 4.78 is 5.37. The van der Waals surface area contributed by atoms with Crippen molar-refractivity contribution in [3.63, 3.8) is 0 Å². The number of rotatable bonds is 4. The number of benzene rings is 2. The van der Waals surface area contributed by atoms with Gasteiger partial charge in [-0.2, -0.15) is 5.26 Å². The van der Waals surface area contributed by atoms with Crippen LogP contribution in [0, 0.1) is 11.3 Å². The Morgan fingerprint density at radius 3 is 2.85 bits per heavy atom. The van der Waals surface area contributed by atoms with Gasteiger partial charge in [0.25, 0.3) is 5.91 Å². The lowest BCUT2D eigenvalue weighted by atomic mass is 10.2. The van der Waals surface area contributed by atoms with Crippen molar-refractivity contribution in [2.75, 3.05) is 6.61 Å². The Morgan fingerprint density at radius 1 is 1.27 bits per heavy atom. The summed E-state index contributed by atoms with van der Waals surface area (Å²) in [5.74, 6) is 0.259. The number of amides is 1. The highest BCUT2D eigenvalue weighted by Crippen LogP contribution is 2.33. The van der Waals surface area contributed by atoms with Crippen LogP contribution in [-0.4, -0.2) is 17.7 Å². The summed E-state index contributed by atoms with van der Waals surface area (Å²) in [7, 11) is 0. The van der Waals surface area contributed by atoms with Crippen molar-refractivity contribution in [1.82, 2.24) is 5.32 Å². The number of thioether (sulfide) groups is 1. The SMILES string of the molecule is N#CCOc1ccccc1C=C1SC(=Nc2ccc(Cl)cc2Cl)NC1=O. The largest absolute Gasteiger partial charge is 0.478 e. The van der Waals surface area contributed by atoms with Crippen molar-refractivity contribution in [2.45, 2.75) is 0 Å². The number of hydrogen-bond acceptors (Lipinski definition) is 5. The second kappa shape index (κ2) is 8.28. The topological polar surface area (TPSA) is 74.5 Å². The van der Waals surface area contributed by atoms with Gasteiger partial charge >= 0.3 is 0 Å². The highest BCUT2D eigenvalue weighted by atomic mass is 35.5. The van der Waals surface area contributed by atoms with Crippen molar-refractivity contribution < 1.29 is 9.53 Å². The Bertz CT molecular complexity index is 967. The molecule has 0 saturated carbocycles. The molecule has 1 aliphatic rings. The molecule has 0 bridgehead atoms. The summed E-state index contributed by atoms with van der Waals surface area (Å²) in [5, 5.41) is 12.7. The first kappa shape index (κ1) is 18.3. The first-order valence-electron chi connectivity index (χ1n) is 7.40. The second-order valence-electron chi connectivity index (χ2n) is 5.06. The molecular formula is C18H11Cl2N3O2S. The van der Waals surface area contributed by atoms with Crippen molar-refractivity contribution >= 4 is 57.8 Å². The summed E-state index contributed by atoms with van der Waals surface area (Å²) >= 11 is 13.2. The lowest BCUT2D eigenvalue weighted by Gasteiger charge is -2.05. The molecule has 1 heterocycles. The molecule has 130 valence electrons. The van der Waals surface area contributed by atoms with Gasteiger partial charge in [-0.15, -0.1) is 0 Å². The zero-order valence-electron chi connectivity index (χ0n) is 13.2. The van der Waals surface area contributed by atoms with Gasteiger partial charge in [0.1, 0.15) is 11.8 Å². The summed E-state index contributed by atoms with van der Waals surface area (Å²) in [6.07, 6.45) is 1.69. The molecule has 2 aromatic carbocycles. The van der Waals surface area contributed by atoms with Crippen molar-refractivity contribution in [2.24, 2.45) is 4.99 Å². The molecule has 0 atom stereocenters. The van der Waals surface area contributed by atoms with E-state index in [1.807, 2.05) is 12.1 Å². The zero-order chi connectivity index (χ0) is 18.5. The molecule has 1 aliphatic heterocycles. The van der Waals surface area contributed by atoms with Crippen molar-refractivity contribution in [3.05, 3.63) is 63.0 Å². The van der Waals surface area contributed by atoms with E-state index < -0.39 is 0 Å². The summed E-state index contributed by atoms with van der Waals surface area (Å²) in [6.45, 7) is -0.0682. The Balaban J connectivity index is 1.85. The molecule has 0 spiro atoms. The number of para-hydroxylation sites is 1. The normalized spacial score (nSPS) is 16.6. The van der Waals surface area contributed by atoms with Gasteiger partial charge in [-0.05, 0) is 42.1 Å². The smallest absolute Gasteiger partial charge is 0.264 e. The fraction of sp³-hybridized carbons (Fsp3) is 0.0556. The predicted molar refractivity (Wildman–Crippen MR) is 105 cm³/mol. The first-order valence-corrected chi connectivity index (χ1v) is 8.97. The fourth-order valence-electron chi connectivity index (χ4n) is 2.14. The number of nitrogens with one attached hydrogen (secondary N) is 1. The number of aliphatic imine (C=N–C) groups is 1. The van der Waals surface area contributed by atoms with Crippen LogP contribution in [0.25, 0.3) is 6.08 Å². The minimum Gasteiger partial charge on any atom is -0.478 e. The number of halogens is 2. The molecule has 0 aromatic heterocycles. The Hall–Kier alpha value is -2.46. The quantitative estimate of drug-likeness (QED) is 0.744. The molecule has 2 aromatic rings. The van der Waals surface area contributed by atoms with Crippen LogP contribution in [0.5, 0.6) is 5.75 Å². The van der Waals surface area contributed by atoms with Gasteiger partial charge in [-0.3, -0.25) is 4.79 Å². The highest BCUT2D eigenvalue weighted by Gasteiger charge is 2.24. The Morgan fingerprint density at radius 2 is 2.08 bits per heavy atom. The fourth-order valence-corrected chi connectivity index (χ4v) is 3.42. The second-order valence-corrected chi connectivity index (χ2v) is 6.94. The highest BCUT2D eigenvalue weighted by molar-refractivity contribution is 8.18. The molecule has 8 heteroatoms. The van der Waals surface area contributed by atoms with Gasteiger partial charge in [0.2, 0.25) is 0 Å². The predicted octanol–water partition coefficient (Wildman–Crippen LogP) is 4.79. The third-order valence-corrected chi connectivity index (χ3v) is 4.73. The van der Waals surface area contributed by atoms with E-state index in [1.165, 1.54) is 11.8 Å². The molecule has 26 heavy (non-hydrogen) atoms. The van der Waals surface area contributed by atoms with E-state index in [9.17, 15) is 4.79 Å². The van der Waals surface area contributed by atoms with Gasteiger partial charge in [-0.25, -0.2) is 4.99 Å². The maximum atomic E-state index is 12.2. The van der Waals surface area contributed by atoms with E-state index in [-0.39, 0.29) is 12.5 Å². The summed E-state index contributed by atoms with van der Waals surface area (Å²) in [4.78, 5) is 17.0. The standard InChI is InChI=1S/C18H11Cl2N3O2S/c19-12-5-6-14(13(20)10-12)22-18-23-17(24)16(26-18)9-11-3-1-2-4-15(11)25-8-7-21/h1-6,9-10H,8H2,(H,22,23,24). The average Bonchev–Trinajstić information content (AvgIpc) is 2.96. The number of ether oxygens (including phenoxy) is 1. The van der Waals surface area contributed by atoms with Crippen LogP contribution >= 0.6 is 35.0 Å². The van der Waals surface area contributed by atoms with E-state index in [4.69, 9.17) is 33.2 Å². The number of carbonyl (C=O) groups excluding carboxylic acids is 1. The van der Waals surface area contributed by atoms with E-state index in [2.05, 4.69) is 10.3 Å². The molecule has 1 amide bonds. The lowest BCUT2D eigenvalue weighted by Crippen LogP contribution is -2.19. The minimum absolute atomic E-state index is 0.0682. The van der Waals surface area contributed by atoms with Gasteiger partial charge in [0, 0.05) is 10.6 Å². The van der Waals surface area contributed by atoms with Crippen LogP contribution in [0.15, 0.2) is 52.4 Å². The minimum atomic E-state index is -0.270. The van der Waals surface area contributed by atoms with Crippen LogP contribution < -0.4 is 10.1 Å². The summed E-state index contributed by atoms with van der Waals surface area (Å²) in [6, 6.07) is 14.0. The van der Waals surface area contributed by atoms with Crippen LogP contribution in [0.2, 0.25) is 10.0 Å². The van der Waals surface area contributed by atoms with E-state index in [0.29, 0.717) is 37.1 Å². The van der Waals surface area contributed by atoms with Gasteiger partial charge in [-0.1, -0.05) is 41.4 Å². The molecular weight excluding hydrogens is 393 g/mol. The molecule has 1 fully saturated rings. The molecule has 1 N–H and O–H groups in total. The van der Waals surface area contributed by atoms with E-state index in [0.717, 1.165) is 0 Å². The maximum absolute atomic E-state index is 12.2. The number of amidine groups is 1. The van der Waals surface area contributed by atoms with Gasteiger partial charge in [0.15, 0.2) is 11.8 Å². The monoisotopic (exact) mass is 403 g/mol. The average molecular weight is 404 g/mol. The molecule has 0 aliphatic carbocycles. The van der Waals surface area contributed by atoms with E-state index >= 15 is 0 Å². The maximum Gasteiger partial charge on any atom is 0.264 e. The summed E-state index contributed by atoms with van der Waals surface area (Å²) in [5.41, 5.74) is 1.21. The molecule has 5 nitrogen and oxygen atoms in total. The van der Waals surface area contributed by atoms with Crippen LogP contribution in [0.3, 0.4) is 0 Å². The van der Waals surface area contributed by atoms with E-state index in [1.54, 1.807) is 42.5 Å². The number of nitriles is 1.